The molecule has 3 saturated heterocycles. The van der Waals surface area contributed by atoms with Gasteiger partial charge in [0.05, 0.1) is 55.7 Å². The van der Waals surface area contributed by atoms with Crippen LogP contribution in [-0.2, 0) is 57.9 Å². The van der Waals surface area contributed by atoms with Gasteiger partial charge in [0.1, 0.15) is 40.6 Å². The van der Waals surface area contributed by atoms with Crippen molar-refractivity contribution in [2.24, 2.45) is 5.73 Å². The first-order chi connectivity index (χ1) is 50.2. The Labute approximate surface area is 614 Å². The van der Waals surface area contributed by atoms with Crippen molar-refractivity contribution >= 4 is 80.2 Å². The largest absolute Gasteiger partial charge is 0.497 e. The number of aryl methyl sites for hydroxylation is 2. The lowest BCUT2D eigenvalue weighted by molar-refractivity contribution is 0.0473. The van der Waals surface area contributed by atoms with Gasteiger partial charge in [-0.05, 0) is 139 Å². The Hall–Kier alpha value is -9.47. The molecule has 6 N–H and O–H groups in total. The number of aromatic carboxylic acids is 1. The van der Waals surface area contributed by atoms with Crippen molar-refractivity contribution in [3.8, 4) is 17.2 Å². The molecule has 3 aliphatic heterocycles. The Morgan fingerprint density at radius 1 is 0.533 bits per heavy atom. The number of nitrogens with zero attached hydrogens (tertiary/aromatic N) is 3. The molecule has 27 heteroatoms. The molecule has 0 spiro atoms. The monoisotopic (exact) mass is 1480 g/mol. The maximum atomic E-state index is 14.2. The van der Waals surface area contributed by atoms with Crippen LogP contribution in [-0.4, -0.2) is 132 Å². The number of pyridine rings is 2. The molecule has 105 heavy (non-hydrogen) atoms. The van der Waals surface area contributed by atoms with Gasteiger partial charge >= 0.3 is 11.9 Å². The van der Waals surface area contributed by atoms with E-state index in [1.807, 2.05) is 64.1 Å². The Balaban J connectivity index is 0.000000186. The maximum absolute atomic E-state index is 14.2. The molecule has 0 bridgehead atoms. The van der Waals surface area contributed by atoms with E-state index < -0.39 is 35.9 Å². The van der Waals surface area contributed by atoms with E-state index in [-0.39, 0.29) is 72.5 Å². The number of fused-ring (bicyclic) bond motifs is 3. The summed E-state index contributed by atoms with van der Waals surface area (Å²) in [7, 11) is 4.60. The maximum Gasteiger partial charge on any atom is 0.339 e. The van der Waals surface area contributed by atoms with Crippen molar-refractivity contribution in [1.82, 2.24) is 15.3 Å². The van der Waals surface area contributed by atoms with E-state index in [0.717, 1.165) is 115 Å². The zero-order chi connectivity index (χ0) is 74.9. The molecular formula is C78H97ClF3N7O16. The van der Waals surface area contributed by atoms with Crippen molar-refractivity contribution < 1.29 is 79.1 Å². The zero-order valence-electron chi connectivity index (χ0n) is 61.5. The molecule has 12 rings (SSSR count). The second-order valence-corrected chi connectivity index (χ2v) is 25.4. The first kappa shape index (κ1) is 81.2. The molecule has 568 valence electrons. The third-order valence-corrected chi connectivity index (χ3v) is 19.2. The number of nitrogens with one attached hydrogen (secondary N) is 3. The van der Waals surface area contributed by atoms with Crippen LogP contribution in [0.4, 0.5) is 30.2 Å². The number of esters is 1. The number of rotatable bonds is 23. The van der Waals surface area contributed by atoms with Crippen molar-refractivity contribution in [1.29, 1.82) is 0 Å². The fraction of sp³-hybridized carbons (Fsp3) is 0.449. The normalized spacial score (nSPS) is 14.0. The van der Waals surface area contributed by atoms with Gasteiger partial charge in [-0.15, -0.1) is 12.4 Å². The van der Waals surface area contributed by atoms with Gasteiger partial charge in [0.2, 0.25) is 0 Å². The number of carboxylic acid groups (broad SMARTS) is 1. The predicted molar refractivity (Wildman–Crippen MR) is 399 cm³/mol. The Bertz CT molecular complexity index is 4550. The van der Waals surface area contributed by atoms with Crippen LogP contribution in [0, 0.1) is 31.9 Å². The molecule has 5 aromatic heterocycles. The first-order valence-corrected chi connectivity index (χ1v) is 35.5. The van der Waals surface area contributed by atoms with Crippen LogP contribution >= 0.6 is 12.4 Å². The summed E-state index contributed by atoms with van der Waals surface area (Å²) in [6, 6.07) is 18.5. The average Bonchev–Trinajstić information content (AvgIpc) is 1.73. The Morgan fingerprint density at radius 3 is 1.28 bits per heavy atom. The fourth-order valence-corrected chi connectivity index (χ4v) is 14.3. The van der Waals surface area contributed by atoms with Crippen LogP contribution in [0.5, 0.6) is 17.2 Å². The summed E-state index contributed by atoms with van der Waals surface area (Å²) in [6.45, 7) is 22.3. The number of hydrogen-bond acceptors (Lipinski definition) is 19. The first-order valence-electron chi connectivity index (χ1n) is 35.5. The number of carboxylic acids is 1. The van der Waals surface area contributed by atoms with Gasteiger partial charge < -0.3 is 87.2 Å². The minimum absolute atomic E-state index is 0. The lowest BCUT2D eigenvalue weighted by atomic mass is 9.95. The number of halogens is 4. The van der Waals surface area contributed by atoms with Crippen LogP contribution in [0.2, 0.25) is 0 Å². The number of methoxy groups -OCH3 is 3. The second-order valence-electron chi connectivity index (χ2n) is 25.4. The van der Waals surface area contributed by atoms with Gasteiger partial charge in [0.25, 0.3) is 35.1 Å². The third kappa shape index (κ3) is 19.0. The second kappa shape index (κ2) is 38.0. The van der Waals surface area contributed by atoms with E-state index >= 15 is 0 Å². The van der Waals surface area contributed by atoms with Gasteiger partial charge in [0, 0.05) is 165 Å². The van der Waals surface area contributed by atoms with E-state index in [0.29, 0.717) is 126 Å². The highest BCUT2D eigenvalue weighted by Gasteiger charge is 2.32. The number of furan rings is 3. The molecule has 0 aliphatic carbocycles. The van der Waals surface area contributed by atoms with Crippen LogP contribution in [0.1, 0.15) is 156 Å². The molecule has 3 aliphatic rings. The minimum Gasteiger partial charge on any atom is -0.497 e. The smallest absolute Gasteiger partial charge is 0.339 e. The van der Waals surface area contributed by atoms with E-state index in [1.54, 1.807) is 39.2 Å². The van der Waals surface area contributed by atoms with Gasteiger partial charge in [-0.25, -0.2) is 9.59 Å². The van der Waals surface area contributed by atoms with Crippen LogP contribution in [0.25, 0.3) is 32.9 Å². The molecule has 0 atom stereocenters. The summed E-state index contributed by atoms with van der Waals surface area (Å²) in [5, 5.41) is 13.7. The number of benzene rings is 4. The number of anilines is 3. The molecule has 9 aromatic rings. The van der Waals surface area contributed by atoms with Gasteiger partial charge in [-0.1, -0.05) is 32.9 Å². The van der Waals surface area contributed by atoms with Gasteiger partial charge in [-0.3, -0.25) is 14.4 Å². The number of ether oxygens (including phenoxy) is 7. The van der Waals surface area contributed by atoms with Crippen LogP contribution < -0.4 is 51.1 Å². The highest BCUT2D eigenvalue weighted by atomic mass is 35.5. The standard InChI is InChI=1S/C26H32FN3O5.C26H30FNO5.C18H22FNO4.C8H12N2O2.ClH/c1-5-17-20(30(6-2)16-7-9-34-10-8-16)13-22-18(12-23(27)35-22)24(17)26(32)28-14-19-21(33-4)11-15(3)29-25(19)31;1-4-20-22(28(5-2)18-10-12-31-13-11-18)15-23-21(14-24(27)33-23)25(20)26(29)32-16-17-6-8-19(30-3)9-7-17;1-3-12-14(20(4-2)11-5-7-23-8-6-11)10-15-13(9-16(19)24-15)17(12)18(21)22;1-5-3-7(12-2)6(4-9)8(11)10-5;/h11-13,16H,5-10,14H2,1-4H3,(H,28,32)(H,29,31);6-9,14-15,18H,4-5,10-13,16H2,1-3H3;9-11H,3-8H2,1-2H3,(H,21,22);3H,4,9H2,1-2H3,(H,10,11);1H. The van der Waals surface area contributed by atoms with Crippen LogP contribution in [0.15, 0.2) is 95.6 Å². The summed E-state index contributed by atoms with van der Waals surface area (Å²) in [4.78, 5) is 74.6. The number of hydrogen-bond donors (Lipinski definition) is 5. The van der Waals surface area contributed by atoms with Crippen molar-refractivity contribution in [2.75, 3.05) is 95.3 Å². The molecule has 0 radical (unpaired) electrons. The minimum atomic E-state index is -1.05. The Morgan fingerprint density at radius 2 is 0.905 bits per heavy atom. The SMILES string of the molecule is CCc1c(N(CC)C2CCOCC2)cc2oc(F)cc2c1C(=O)NCc1c(OC)cc(C)[nH]c1=O.CCc1c(N(CC)C2CCOCC2)cc2oc(F)cc2c1C(=O)O.CCc1c(N(CC)C2CCOCC2)cc2oc(F)cc2c1C(=O)OCc1ccc(OC)cc1.COc1cc(C)[nH]c(=O)c1CN.Cl. The Kier molecular flexibility index (Phi) is 29.4. The summed E-state index contributed by atoms with van der Waals surface area (Å²) >= 11 is 0. The zero-order valence-corrected chi connectivity index (χ0v) is 62.4. The number of aromatic amines is 2. The topological polar surface area (TPSA) is 289 Å². The van der Waals surface area contributed by atoms with E-state index in [9.17, 15) is 42.3 Å². The molecule has 23 nitrogen and oxygen atoms in total. The number of amides is 1. The highest BCUT2D eigenvalue weighted by molar-refractivity contribution is 6.10. The number of carbonyl (C=O) groups is 3. The van der Waals surface area contributed by atoms with Gasteiger partial charge in [-0.2, -0.15) is 13.2 Å². The molecule has 0 saturated carbocycles. The quantitative estimate of drug-likeness (QED) is 0.0372. The van der Waals surface area contributed by atoms with E-state index in [1.165, 1.54) is 26.4 Å². The van der Waals surface area contributed by atoms with Crippen LogP contribution in [0.3, 0.4) is 0 Å². The third-order valence-electron chi connectivity index (χ3n) is 19.2. The number of H-pyrrole nitrogens is 2. The van der Waals surface area contributed by atoms with E-state index in [2.05, 4.69) is 43.8 Å². The summed E-state index contributed by atoms with van der Waals surface area (Å²) in [5.41, 5.74) is 14.7. The molecule has 3 fully saturated rings. The molecule has 1 amide bonds. The van der Waals surface area contributed by atoms with Crippen molar-refractivity contribution in [3.05, 3.63) is 173 Å². The summed E-state index contributed by atoms with van der Waals surface area (Å²) < 4.78 is 95.4. The van der Waals surface area contributed by atoms with Gasteiger partial charge in [0.15, 0.2) is 0 Å². The fourth-order valence-electron chi connectivity index (χ4n) is 14.3. The molecule has 4 aromatic carbocycles. The average molecular weight is 1480 g/mol. The number of nitrogens with two attached hydrogens (primary N) is 1. The predicted octanol–water partition coefficient (Wildman–Crippen LogP) is 14.0. The molecule has 0 unspecified atom stereocenters. The highest BCUT2D eigenvalue weighted by Crippen LogP contribution is 2.40. The summed E-state index contributed by atoms with van der Waals surface area (Å²) in [6.07, 6.45) is 7.06. The number of aromatic nitrogens is 2. The lowest BCUT2D eigenvalue weighted by Crippen LogP contribution is -2.40. The van der Waals surface area contributed by atoms with Crippen molar-refractivity contribution in [3.63, 3.8) is 0 Å². The molecule has 8 heterocycles. The summed E-state index contributed by atoms with van der Waals surface area (Å²) in [5.74, 6) is -0.263. The van der Waals surface area contributed by atoms with E-state index in [4.69, 9.17) is 52.1 Å². The lowest BCUT2D eigenvalue weighted by Gasteiger charge is -2.37. The number of carbonyl (C=O) groups excluding carboxylic acids is 2. The van der Waals surface area contributed by atoms with Crippen molar-refractivity contribution in [2.45, 2.75) is 151 Å². The molecular weight excluding hydrogens is 1380 g/mol.